The van der Waals surface area contributed by atoms with Gasteiger partial charge in [0.05, 0.1) is 0 Å². The normalized spacial score (nSPS) is 29.2. The van der Waals surface area contributed by atoms with E-state index in [1.165, 1.54) is 56.9 Å². The largest absolute Gasteiger partial charge is 0.338 e. The van der Waals surface area contributed by atoms with Crippen LogP contribution in [-0.4, -0.2) is 35.5 Å². The molecule has 4 aliphatic carbocycles. The third kappa shape index (κ3) is 5.56. The van der Waals surface area contributed by atoms with E-state index in [1.54, 1.807) is 0 Å². The Morgan fingerprint density at radius 2 is 1.70 bits per heavy atom. The molecule has 0 unspecified atom stereocenters. The molecule has 2 amide bonds. The molecule has 0 spiro atoms. The summed E-state index contributed by atoms with van der Waals surface area (Å²) in [6, 6.07) is 4.29. The number of aryl methyl sites for hydroxylation is 1. The third-order valence-electron chi connectivity index (χ3n) is 8.00. The minimum absolute atomic E-state index is 0.145. The van der Waals surface area contributed by atoms with E-state index in [4.69, 9.17) is 0 Å². The van der Waals surface area contributed by atoms with Gasteiger partial charge in [-0.25, -0.2) is 4.79 Å². The lowest BCUT2D eigenvalue weighted by Gasteiger charge is -2.57. The van der Waals surface area contributed by atoms with Crippen LogP contribution in [0.1, 0.15) is 83.1 Å². The summed E-state index contributed by atoms with van der Waals surface area (Å²) in [4.78, 5) is 18.9. The van der Waals surface area contributed by atoms with Crippen LogP contribution in [0.5, 0.6) is 0 Å². The highest BCUT2D eigenvalue weighted by Crippen LogP contribution is 2.61. The Kier molecular flexibility index (Phi) is 7.32. The molecular formula is C26H41N3O. The fourth-order valence-corrected chi connectivity index (χ4v) is 7.14. The Hall–Kier alpha value is -1.58. The van der Waals surface area contributed by atoms with Crippen LogP contribution >= 0.6 is 0 Å². The highest BCUT2D eigenvalue weighted by molar-refractivity contribution is 5.74. The molecule has 30 heavy (non-hydrogen) atoms. The van der Waals surface area contributed by atoms with E-state index in [-0.39, 0.29) is 6.03 Å². The van der Waals surface area contributed by atoms with Gasteiger partial charge in [0.1, 0.15) is 0 Å². The number of aromatic nitrogens is 1. The van der Waals surface area contributed by atoms with Gasteiger partial charge in [-0.3, -0.25) is 4.98 Å². The molecule has 4 fully saturated rings. The van der Waals surface area contributed by atoms with Gasteiger partial charge in [0.15, 0.2) is 0 Å². The highest BCUT2D eigenvalue weighted by Gasteiger charge is 2.50. The van der Waals surface area contributed by atoms with Crippen LogP contribution in [0.3, 0.4) is 0 Å². The molecule has 0 aromatic carbocycles. The zero-order valence-electron chi connectivity index (χ0n) is 19.0. The molecule has 0 atom stereocenters. The second-order valence-corrected chi connectivity index (χ2v) is 10.6. The topological polar surface area (TPSA) is 45.2 Å². The fraction of sp³-hybridized carbons (Fsp3) is 0.769. The maximum Gasteiger partial charge on any atom is 0.317 e. The molecule has 166 valence electrons. The third-order valence-corrected chi connectivity index (χ3v) is 8.00. The number of pyridine rings is 1. The molecule has 0 aliphatic heterocycles. The first kappa shape index (κ1) is 21.6. The summed E-state index contributed by atoms with van der Waals surface area (Å²) >= 11 is 0. The van der Waals surface area contributed by atoms with Crippen LogP contribution in [-0.2, 0) is 6.42 Å². The van der Waals surface area contributed by atoms with Gasteiger partial charge < -0.3 is 10.2 Å². The number of carbonyl (C=O) groups excluding carboxylic acids is 1. The predicted molar refractivity (Wildman–Crippen MR) is 122 cm³/mol. The number of nitrogens with zero attached hydrogens (tertiary/aromatic N) is 2. The SMILES string of the molecule is CCCN(CCCC12CC3CC(CC(C3)C1)C2)C(=O)NCCCCc1ccncc1. The molecule has 4 aliphatic rings. The van der Waals surface area contributed by atoms with Crippen molar-refractivity contribution < 1.29 is 4.79 Å². The van der Waals surface area contributed by atoms with Crippen molar-refractivity contribution >= 4 is 6.03 Å². The van der Waals surface area contributed by atoms with Crippen LogP contribution in [0.4, 0.5) is 4.79 Å². The van der Waals surface area contributed by atoms with Crippen molar-refractivity contribution in [2.24, 2.45) is 23.2 Å². The quantitative estimate of drug-likeness (QED) is 0.466. The maximum atomic E-state index is 12.7. The number of rotatable bonds is 11. The minimum atomic E-state index is 0.145. The lowest BCUT2D eigenvalue weighted by molar-refractivity contribution is -0.0586. The van der Waals surface area contributed by atoms with E-state index >= 15 is 0 Å². The number of unbranched alkanes of at least 4 members (excludes halogenated alkanes) is 1. The maximum absolute atomic E-state index is 12.7. The average Bonchev–Trinajstić information content (AvgIpc) is 2.72. The van der Waals surface area contributed by atoms with Gasteiger partial charge in [-0.2, -0.15) is 0 Å². The summed E-state index contributed by atoms with van der Waals surface area (Å²) in [6.07, 6.45) is 19.5. The molecule has 4 saturated carbocycles. The van der Waals surface area contributed by atoms with Crippen LogP contribution in [0.25, 0.3) is 0 Å². The van der Waals surface area contributed by atoms with Crippen molar-refractivity contribution in [3.63, 3.8) is 0 Å². The van der Waals surface area contributed by atoms with Gasteiger partial charge in [0, 0.05) is 32.0 Å². The van der Waals surface area contributed by atoms with E-state index in [0.29, 0.717) is 5.41 Å². The van der Waals surface area contributed by atoms with Crippen molar-refractivity contribution in [2.45, 2.75) is 84.0 Å². The summed E-state index contributed by atoms with van der Waals surface area (Å²) in [5.74, 6) is 3.08. The van der Waals surface area contributed by atoms with E-state index in [2.05, 4.69) is 34.3 Å². The molecule has 1 N–H and O–H groups in total. The first-order chi connectivity index (χ1) is 14.7. The van der Waals surface area contributed by atoms with Crippen LogP contribution in [0.15, 0.2) is 24.5 Å². The average molecular weight is 412 g/mol. The Bertz CT molecular complexity index is 639. The molecule has 0 radical (unpaired) electrons. The molecule has 4 nitrogen and oxygen atoms in total. The monoisotopic (exact) mass is 411 g/mol. The lowest BCUT2D eigenvalue weighted by Crippen LogP contribution is -2.46. The van der Waals surface area contributed by atoms with Gasteiger partial charge in [-0.15, -0.1) is 0 Å². The molecule has 5 rings (SSSR count). The summed E-state index contributed by atoms with van der Waals surface area (Å²) in [7, 11) is 0. The molecular weight excluding hydrogens is 370 g/mol. The smallest absolute Gasteiger partial charge is 0.317 e. The Balaban J connectivity index is 1.16. The predicted octanol–water partition coefficient (Wildman–Crippen LogP) is 5.82. The summed E-state index contributed by atoms with van der Waals surface area (Å²) in [6.45, 7) is 4.76. The van der Waals surface area contributed by atoms with Crippen LogP contribution in [0, 0.1) is 23.2 Å². The molecule has 1 aromatic rings. The zero-order chi connectivity index (χ0) is 20.8. The Morgan fingerprint density at radius 3 is 2.33 bits per heavy atom. The van der Waals surface area contributed by atoms with Crippen molar-refractivity contribution in [2.75, 3.05) is 19.6 Å². The van der Waals surface area contributed by atoms with Crippen LogP contribution < -0.4 is 5.32 Å². The van der Waals surface area contributed by atoms with Crippen molar-refractivity contribution in [3.05, 3.63) is 30.1 Å². The van der Waals surface area contributed by atoms with E-state index in [1.807, 2.05) is 12.4 Å². The number of amides is 2. The molecule has 1 heterocycles. The van der Waals surface area contributed by atoms with Gasteiger partial charge >= 0.3 is 6.03 Å². The van der Waals surface area contributed by atoms with E-state index in [0.717, 1.165) is 63.1 Å². The molecule has 4 bridgehead atoms. The van der Waals surface area contributed by atoms with Crippen LogP contribution in [0.2, 0.25) is 0 Å². The first-order valence-corrected chi connectivity index (χ1v) is 12.6. The van der Waals surface area contributed by atoms with Gasteiger partial charge in [-0.05, 0) is 118 Å². The fourth-order valence-electron chi connectivity index (χ4n) is 7.14. The molecule has 4 heteroatoms. The van der Waals surface area contributed by atoms with E-state index < -0.39 is 0 Å². The first-order valence-electron chi connectivity index (χ1n) is 12.6. The second kappa shape index (κ2) is 10.2. The van der Waals surface area contributed by atoms with Gasteiger partial charge in [0.2, 0.25) is 0 Å². The summed E-state index contributed by atoms with van der Waals surface area (Å²) in [5, 5.41) is 3.17. The van der Waals surface area contributed by atoms with Crippen molar-refractivity contribution in [1.82, 2.24) is 15.2 Å². The van der Waals surface area contributed by atoms with Crippen molar-refractivity contribution in [1.29, 1.82) is 0 Å². The minimum Gasteiger partial charge on any atom is -0.338 e. The van der Waals surface area contributed by atoms with Gasteiger partial charge in [0.25, 0.3) is 0 Å². The number of nitrogens with one attached hydrogen (secondary N) is 1. The highest BCUT2D eigenvalue weighted by atomic mass is 16.2. The molecule has 1 aromatic heterocycles. The second-order valence-electron chi connectivity index (χ2n) is 10.6. The summed E-state index contributed by atoms with van der Waals surface area (Å²) < 4.78 is 0. The summed E-state index contributed by atoms with van der Waals surface area (Å²) in [5.41, 5.74) is 1.96. The van der Waals surface area contributed by atoms with E-state index in [9.17, 15) is 4.79 Å². The number of urea groups is 1. The zero-order valence-corrected chi connectivity index (χ0v) is 19.0. The number of hydrogen-bond acceptors (Lipinski definition) is 2. The Morgan fingerprint density at radius 1 is 1.03 bits per heavy atom. The standard InChI is InChI=1S/C26H41N3O/c1-2-13-29(25(30)28-10-4-3-6-21-7-11-27-12-8-21)14-5-9-26-18-22-15-23(19-26)17-24(16-22)20-26/h7-8,11-12,22-24H,2-6,9-10,13-20H2,1H3,(H,28,30). The lowest BCUT2D eigenvalue weighted by atomic mass is 9.48. The molecule has 0 saturated heterocycles. The Labute approximate surface area is 183 Å². The number of carbonyl (C=O) groups is 1. The van der Waals surface area contributed by atoms with Crippen molar-refractivity contribution in [3.8, 4) is 0 Å². The number of hydrogen-bond donors (Lipinski definition) is 1. The van der Waals surface area contributed by atoms with Gasteiger partial charge in [-0.1, -0.05) is 6.92 Å².